The molecular formula is C18H21N3O2S. The summed E-state index contributed by atoms with van der Waals surface area (Å²) in [6, 6.07) is 10.0. The number of hydrogen-bond donors (Lipinski definition) is 0. The van der Waals surface area contributed by atoms with Crippen molar-refractivity contribution in [1.29, 1.82) is 0 Å². The van der Waals surface area contributed by atoms with Gasteiger partial charge in [0.15, 0.2) is 5.13 Å². The van der Waals surface area contributed by atoms with Crippen molar-refractivity contribution in [3.63, 3.8) is 0 Å². The van der Waals surface area contributed by atoms with Gasteiger partial charge in [0.1, 0.15) is 4.88 Å². The molecule has 0 radical (unpaired) electrons. The first kappa shape index (κ1) is 15.6. The predicted molar refractivity (Wildman–Crippen MR) is 95.7 cm³/mol. The van der Waals surface area contributed by atoms with Crippen molar-refractivity contribution in [3.8, 4) is 11.3 Å². The van der Waals surface area contributed by atoms with Gasteiger partial charge in [-0.1, -0.05) is 41.7 Å². The molecule has 2 saturated heterocycles. The molecule has 5 nitrogen and oxygen atoms in total. The van der Waals surface area contributed by atoms with Crippen LogP contribution in [0.1, 0.15) is 22.5 Å². The average molecular weight is 343 g/mol. The number of carbonyl (C=O) groups excluding carboxylic acids is 1. The van der Waals surface area contributed by atoms with Gasteiger partial charge < -0.3 is 14.5 Å². The summed E-state index contributed by atoms with van der Waals surface area (Å²) in [7, 11) is 0. The highest BCUT2D eigenvalue weighted by molar-refractivity contribution is 7.18. The Hall–Kier alpha value is -1.92. The van der Waals surface area contributed by atoms with Crippen molar-refractivity contribution >= 4 is 22.4 Å². The summed E-state index contributed by atoms with van der Waals surface area (Å²) in [4.78, 5) is 22.8. The maximum Gasteiger partial charge on any atom is 0.266 e. The molecule has 0 saturated carbocycles. The quantitative estimate of drug-likeness (QED) is 0.860. The average Bonchev–Trinajstić information content (AvgIpc) is 3.32. The molecular weight excluding hydrogens is 322 g/mol. The highest BCUT2D eigenvalue weighted by Crippen LogP contribution is 2.35. The van der Waals surface area contributed by atoms with Crippen LogP contribution in [-0.4, -0.2) is 55.2 Å². The Balaban J connectivity index is 1.71. The number of morpholine rings is 1. The smallest absolute Gasteiger partial charge is 0.266 e. The molecule has 1 amide bonds. The highest BCUT2D eigenvalue weighted by Gasteiger charge is 2.27. The fourth-order valence-corrected chi connectivity index (χ4v) is 4.31. The molecule has 1 aromatic heterocycles. The van der Waals surface area contributed by atoms with E-state index >= 15 is 0 Å². The summed E-state index contributed by atoms with van der Waals surface area (Å²) in [6.07, 6.45) is 2.40. The lowest BCUT2D eigenvalue weighted by molar-refractivity contribution is 0.0306. The Morgan fingerprint density at radius 2 is 1.75 bits per heavy atom. The monoisotopic (exact) mass is 343 g/mol. The van der Waals surface area contributed by atoms with Gasteiger partial charge in [0.2, 0.25) is 0 Å². The van der Waals surface area contributed by atoms with Gasteiger partial charge in [0.05, 0.1) is 18.9 Å². The molecule has 1 aromatic carbocycles. The largest absolute Gasteiger partial charge is 0.378 e. The van der Waals surface area contributed by atoms with E-state index in [1.165, 1.54) is 24.2 Å². The van der Waals surface area contributed by atoms with Crippen LogP contribution in [0.15, 0.2) is 30.3 Å². The van der Waals surface area contributed by atoms with E-state index in [9.17, 15) is 4.79 Å². The molecule has 2 aliphatic heterocycles. The molecule has 0 bridgehead atoms. The Labute approximate surface area is 145 Å². The number of carbonyl (C=O) groups is 1. The minimum Gasteiger partial charge on any atom is -0.378 e. The third kappa shape index (κ3) is 3.03. The van der Waals surface area contributed by atoms with Crippen molar-refractivity contribution in [2.45, 2.75) is 12.8 Å². The number of amides is 1. The van der Waals surface area contributed by atoms with Gasteiger partial charge in [-0.25, -0.2) is 4.98 Å². The number of rotatable bonds is 3. The molecule has 24 heavy (non-hydrogen) atoms. The minimum absolute atomic E-state index is 0.0834. The minimum atomic E-state index is 0.0834. The maximum atomic E-state index is 13.0. The van der Waals surface area contributed by atoms with E-state index in [1.807, 2.05) is 35.2 Å². The molecule has 0 N–H and O–H groups in total. The van der Waals surface area contributed by atoms with E-state index in [0.717, 1.165) is 34.4 Å². The summed E-state index contributed by atoms with van der Waals surface area (Å²) in [5.74, 6) is 0.0834. The van der Waals surface area contributed by atoms with Crippen LogP contribution in [0, 0.1) is 0 Å². The van der Waals surface area contributed by atoms with Crippen molar-refractivity contribution < 1.29 is 9.53 Å². The van der Waals surface area contributed by atoms with Gasteiger partial charge in [0.25, 0.3) is 5.91 Å². The number of benzene rings is 1. The van der Waals surface area contributed by atoms with Gasteiger partial charge in [0, 0.05) is 31.7 Å². The van der Waals surface area contributed by atoms with E-state index in [0.29, 0.717) is 26.3 Å². The number of anilines is 1. The zero-order valence-electron chi connectivity index (χ0n) is 13.6. The van der Waals surface area contributed by atoms with Gasteiger partial charge in [-0.05, 0) is 12.8 Å². The van der Waals surface area contributed by atoms with E-state index in [-0.39, 0.29) is 5.91 Å². The standard InChI is InChI=1S/C18H21N3O2S/c22-17(20-10-12-23-13-11-20)16-15(14-6-2-1-3-7-14)19-18(24-16)21-8-4-5-9-21/h1-3,6-7H,4-5,8-13H2. The van der Waals surface area contributed by atoms with Crippen molar-refractivity contribution in [2.75, 3.05) is 44.3 Å². The van der Waals surface area contributed by atoms with Crippen LogP contribution in [0.4, 0.5) is 5.13 Å². The Kier molecular flexibility index (Phi) is 4.49. The zero-order chi connectivity index (χ0) is 16.4. The number of nitrogens with zero attached hydrogens (tertiary/aromatic N) is 3. The molecule has 2 fully saturated rings. The summed E-state index contributed by atoms with van der Waals surface area (Å²) in [5, 5.41) is 0.975. The lowest BCUT2D eigenvalue weighted by Gasteiger charge is -2.26. The SMILES string of the molecule is O=C(c1sc(N2CCCC2)nc1-c1ccccc1)N1CCOCC1. The molecule has 0 unspecified atom stereocenters. The molecule has 2 aliphatic rings. The van der Waals surface area contributed by atoms with Crippen molar-refractivity contribution in [3.05, 3.63) is 35.2 Å². The topological polar surface area (TPSA) is 45.7 Å². The maximum absolute atomic E-state index is 13.0. The normalized spacial score (nSPS) is 18.2. The van der Waals surface area contributed by atoms with Crippen LogP contribution in [0.25, 0.3) is 11.3 Å². The second-order valence-electron chi connectivity index (χ2n) is 6.14. The summed E-state index contributed by atoms with van der Waals surface area (Å²) < 4.78 is 5.37. The van der Waals surface area contributed by atoms with Crippen LogP contribution < -0.4 is 4.90 Å². The summed E-state index contributed by atoms with van der Waals surface area (Å²) in [6.45, 7) is 4.61. The molecule has 6 heteroatoms. The summed E-state index contributed by atoms with van der Waals surface area (Å²) >= 11 is 1.54. The Bertz CT molecular complexity index is 704. The van der Waals surface area contributed by atoms with Crippen LogP contribution in [0.3, 0.4) is 0 Å². The molecule has 0 atom stereocenters. The first-order valence-electron chi connectivity index (χ1n) is 8.51. The Morgan fingerprint density at radius 3 is 2.46 bits per heavy atom. The fourth-order valence-electron chi connectivity index (χ4n) is 3.20. The van der Waals surface area contributed by atoms with E-state index in [1.54, 1.807) is 0 Å². The zero-order valence-corrected chi connectivity index (χ0v) is 14.4. The van der Waals surface area contributed by atoms with Gasteiger partial charge >= 0.3 is 0 Å². The second-order valence-corrected chi connectivity index (χ2v) is 7.12. The molecule has 2 aromatic rings. The van der Waals surface area contributed by atoms with Gasteiger partial charge in [-0.3, -0.25) is 4.79 Å². The lowest BCUT2D eigenvalue weighted by Crippen LogP contribution is -2.40. The van der Waals surface area contributed by atoms with Gasteiger partial charge in [-0.2, -0.15) is 0 Å². The number of aromatic nitrogens is 1. The first-order chi connectivity index (χ1) is 11.8. The van der Waals surface area contributed by atoms with Gasteiger partial charge in [-0.15, -0.1) is 0 Å². The predicted octanol–water partition coefficient (Wildman–Crippen LogP) is 2.88. The van der Waals surface area contributed by atoms with E-state index in [2.05, 4.69) is 4.90 Å². The lowest BCUT2D eigenvalue weighted by atomic mass is 10.1. The van der Waals surface area contributed by atoms with Crippen LogP contribution >= 0.6 is 11.3 Å². The van der Waals surface area contributed by atoms with Crippen LogP contribution in [0.5, 0.6) is 0 Å². The van der Waals surface area contributed by atoms with Crippen LogP contribution in [-0.2, 0) is 4.74 Å². The molecule has 126 valence electrons. The Morgan fingerprint density at radius 1 is 1.04 bits per heavy atom. The van der Waals surface area contributed by atoms with Crippen molar-refractivity contribution in [1.82, 2.24) is 9.88 Å². The first-order valence-corrected chi connectivity index (χ1v) is 9.33. The molecule has 0 aliphatic carbocycles. The van der Waals surface area contributed by atoms with E-state index in [4.69, 9.17) is 9.72 Å². The molecule has 0 spiro atoms. The fraction of sp³-hybridized carbons (Fsp3) is 0.444. The van der Waals surface area contributed by atoms with E-state index < -0.39 is 0 Å². The third-order valence-corrected chi connectivity index (χ3v) is 5.64. The number of ether oxygens (including phenoxy) is 1. The third-order valence-electron chi connectivity index (χ3n) is 4.53. The molecule has 3 heterocycles. The summed E-state index contributed by atoms with van der Waals surface area (Å²) in [5.41, 5.74) is 1.83. The van der Waals surface area contributed by atoms with Crippen molar-refractivity contribution in [2.24, 2.45) is 0 Å². The second kappa shape index (κ2) is 6.91. The highest BCUT2D eigenvalue weighted by atomic mass is 32.1. The molecule has 4 rings (SSSR count). The number of hydrogen-bond acceptors (Lipinski definition) is 5. The number of thiazole rings is 1. The van der Waals surface area contributed by atoms with Crippen LogP contribution in [0.2, 0.25) is 0 Å².